The first-order valence-corrected chi connectivity index (χ1v) is 12.4. The fourth-order valence-electron chi connectivity index (χ4n) is 3.87. The highest BCUT2D eigenvalue weighted by molar-refractivity contribution is 6.48. The second-order valence-corrected chi connectivity index (χ2v) is 9.22. The highest BCUT2D eigenvalue weighted by Crippen LogP contribution is 2.26. The Morgan fingerprint density at radius 2 is 1.63 bits per heavy atom. The summed E-state index contributed by atoms with van der Waals surface area (Å²) >= 11 is 6.22. The van der Waals surface area contributed by atoms with Crippen LogP contribution in [0.3, 0.4) is 0 Å². The minimum absolute atomic E-state index is 0.0518. The van der Waals surface area contributed by atoms with Gasteiger partial charge in [-0.3, -0.25) is 19.3 Å². The van der Waals surface area contributed by atoms with Gasteiger partial charge in [-0.1, -0.05) is 60.1 Å². The van der Waals surface area contributed by atoms with Gasteiger partial charge in [0.2, 0.25) is 0 Å². The van der Waals surface area contributed by atoms with Crippen molar-refractivity contribution in [3.63, 3.8) is 0 Å². The zero-order valence-corrected chi connectivity index (χ0v) is 21.6. The van der Waals surface area contributed by atoms with Crippen LogP contribution in [0.25, 0.3) is 0 Å². The zero-order chi connectivity index (χ0) is 27.2. The first-order valence-electron chi connectivity index (χ1n) is 12.0. The fraction of sp³-hybridized carbons (Fsp3) is 0.172. The number of nitrogens with zero attached hydrogens (tertiary/aromatic N) is 1. The van der Waals surface area contributed by atoms with Crippen molar-refractivity contribution in [1.29, 1.82) is 0 Å². The summed E-state index contributed by atoms with van der Waals surface area (Å²) in [6, 6.07) is 22.4. The molecule has 0 saturated carbocycles. The molecule has 0 radical (unpaired) electrons. The number of ether oxygens (including phenoxy) is 1. The van der Waals surface area contributed by atoms with E-state index in [2.05, 4.69) is 10.6 Å². The van der Waals surface area contributed by atoms with Crippen LogP contribution in [0.15, 0.2) is 89.6 Å². The maximum atomic E-state index is 13.0. The monoisotopic (exact) mass is 531 g/mol. The third kappa shape index (κ3) is 6.10. The predicted octanol–water partition coefficient (Wildman–Crippen LogP) is 4.98. The van der Waals surface area contributed by atoms with Gasteiger partial charge >= 0.3 is 5.97 Å². The Morgan fingerprint density at radius 1 is 0.921 bits per heavy atom. The first-order chi connectivity index (χ1) is 18.2. The Bertz CT molecular complexity index is 1420. The molecule has 194 valence electrons. The van der Waals surface area contributed by atoms with E-state index in [0.717, 1.165) is 10.5 Å². The summed E-state index contributed by atoms with van der Waals surface area (Å²) in [5.41, 5.74) is 2.12. The molecule has 3 amide bonds. The fourth-order valence-corrected chi connectivity index (χ4v) is 4.10. The number of para-hydroxylation sites is 1. The van der Waals surface area contributed by atoms with Crippen LogP contribution >= 0.6 is 11.6 Å². The average molecular weight is 532 g/mol. The van der Waals surface area contributed by atoms with E-state index in [0.29, 0.717) is 17.8 Å². The minimum Gasteiger partial charge on any atom is -0.459 e. The maximum Gasteiger partial charge on any atom is 0.340 e. The van der Waals surface area contributed by atoms with Gasteiger partial charge in [0.25, 0.3) is 17.7 Å². The topological polar surface area (TPSA) is 105 Å². The smallest absolute Gasteiger partial charge is 0.340 e. The lowest BCUT2D eigenvalue weighted by molar-refractivity contribution is -0.137. The van der Waals surface area contributed by atoms with Crippen molar-refractivity contribution in [3.05, 3.63) is 106 Å². The Labute approximate surface area is 225 Å². The van der Waals surface area contributed by atoms with Crippen LogP contribution in [-0.4, -0.2) is 41.2 Å². The van der Waals surface area contributed by atoms with E-state index in [-0.39, 0.29) is 34.5 Å². The lowest BCUT2D eigenvalue weighted by Crippen LogP contribution is -2.34. The van der Waals surface area contributed by atoms with E-state index in [1.807, 2.05) is 30.3 Å². The molecule has 0 aromatic heterocycles. The van der Waals surface area contributed by atoms with Crippen LogP contribution in [0.4, 0.5) is 11.4 Å². The van der Waals surface area contributed by atoms with E-state index >= 15 is 0 Å². The second-order valence-electron chi connectivity index (χ2n) is 8.85. The zero-order valence-electron chi connectivity index (χ0n) is 20.9. The molecule has 1 aliphatic rings. The molecule has 4 rings (SSSR count). The highest BCUT2D eigenvalue weighted by Gasteiger charge is 2.37. The summed E-state index contributed by atoms with van der Waals surface area (Å²) in [6.07, 6.45) is 0.187. The number of carbonyl (C=O) groups is 4. The summed E-state index contributed by atoms with van der Waals surface area (Å²) in [5.74, 6) is -2.14. The molecule has 8 nitrogen and oxygen atoms in total. The third-order valence-electron chi connectivity index (χ3n) is 5.71. The summed E-state index contributed by atoms with van der Waals surface area (Å²) in [4.78, 5) is 52.1. The quantitative estimate of drug-likeness (QED) is 0.298. The van der Waals surface area contributed by atoms with Crippen molar-refractivity contribution in [2.75, 3.05) is 17.2 Å². The van der Waals surface area contributed by atoms with Gasteiger partial charge in [0, 0.05) is 17.8 Å². The van der Waals surface area contributed by atoms with E-state index in [4.69, 9.17) is 16.3 Å². The lowest BCUT2D eigenvalue weighted by Gasteiger charge is -2.15. The van der Waals surface area contributed by atoms with Gasteiger partial charge in [0.05, 0.1) is 17.4 Å². The minimum atomic E-state index is -0.575. The van der Waals surface area contributed by atoms with E-state index in [1.54, 1.807) is 56.3 Å². The molecule has 0 aliphatic carbocycles. The number of hydrogen-bond acceptors (Lipinski definition) is 6. The van der Waals surface area contributed by atoms with Gasteiger partial charge in [-0.2, -0.15) is 0 Å². The Balaban J connectivity index is 1.46. The average Bonchev–Trinajstić information content (AvgIpc) is 3.10. The summed E-state index contributed by atoms with van der Waals surface area (Å²) in [5, 5.41) is 5.41. The molecule has 0 bridgehead atoms. The Hall–Kier alpha value is -4.43. The molecule has 0 saturated heterocycles. The van der Waals surface area contributed by atoms with Gasteiger partial charge in [-0.15, -0.1) is 0 Å². The molecule has 1 heterocycles. The standard InChI is InChI=1S/C29H26ClN3O5/c1-18(2)38-29(37)22-13-6-7-14-23(22)32-26(34)20-11-8-12-21(17-20)31-25-24(30)27(35)33(28(25)36)16-15-19-9-4-3-5-10-19/h3-14,17-18,31H,15-16H2,1-2H3,(H,32,34). The van der Waals surface area contributed by atoms with Crippen LogP contribution < -0.4 is 10.6 Å². The highest BCUT2D eigenvalue weighted by atomic mass is 35.5. The van der Waals surface area contributed by atoms with Crippen molar-refractivity contribution in [2.24, 2.45) is 0 Å². The molecule has 0 unspecified atom stereocenters. The van der Waals surface area contributed by atoms with Gasteiger partial charge in [0.1, 0.15) is 10.7 Å². The van der Waals surface area contributed by atoms with E-state index in [9.17, 15) is 19.2 Å². The van der Waals surface area contributed by atoms with Gasteiger partial charge in [-0.25, -0.2) is 4.79 Å². The molecular weight excluding hydrogens is 506 g/mol. The van der Waals surface area contributed by atoms with Crippen molar-refractivity contribution in [3.8, 4) is 0 Å². The molecule has 0 atom stereocenters. The number of halogens is 1. The molecule has 0 fully saturated rings. The number of nitrogens with one attached hydrogen (secondary N) is 2. The summed E-state index contributed by atoms with van der Waals surface area (Å²) in [6.45, 7) is 3.67. The number of amides is 3. The van der Waals surface area contributed by atoms with Crippen molar-refractivity contribution >= 4 is 46.7 Å². The predicted molar refractivity (Wildman–Crippen MR) is 145 cm³/mol. The van der Waals surface area contributed by atoms with Crippen molar-refractivity contribution in [1.82, 2.24) is 4.90 Å². The summed E-state index contributed by atoms with van der Waals surface area (Å²) < 4.78 is 5.26. The number of hydrogen-bond donors (Lipinski definition) is 2. The van der Waals surface area contributed by atoms with Crippen LogP contribution in [0.5, 0.6) is 0 Å². The van der Waals surface area contributed by atoms with Gasteiger partial charge in [0.15, 0.2) is 0 Å². The van der Waals surface area contributed by atoms with E-state index < -0.39 is 23.7 Å². The van der Waals surface area contributed by atoms with Crippen LogP contribution in [0.2, 0.25) is 0 Å². The molecule has 0 spiro atoms. The SMILES string of the molecule is CC(C)OC(=O)c1ccccc1NC(=O)c1cccc(NC2=C(Cl)C(=O)N(CCc3ccccc3)C2=O)c1. The van der Waals surface area contributed by atoms with Crippen LogP contribution in [-0.2, 0) is 20.7 Å². The number of esters is 1. The van der Waals surface area contributed by atoms with Gasteiger partial charge in [-0.05, 0) is 56.2 Å². The normalized spacial score (nSPS) is 13.2. The van der Waals surface area contributed by atoms with Crippen LogP contribution in [0.1, 0.15) is 40.1 Å². The van der Waals surface area contributed by atoms with Gasteiger partial charge < -0.3 is 15.4 Å². The molecule has 1 aliphatic heterocycles. The lowest BCUT2D eigenvalue weighted by atomic mass is 10.1. The molecule has 38 heavy (non-hydrogen) atoms. The maximum absolute atomic E-state index is 13.0. The molecule has 3 aromatic carbocycles. The van der Waals surface area contributed by atoms with Crippen molar-refractivity contribution in [2.45, 2.75) is 26.4 Å². The Morgan fingerprint density at radius 3 is 2.37 bits per heavy atom. The number of carbonyl (C=O) groups excluding carboxylic acids is 4. The van der Waals surface area contributed by atoms with Crippen molar-refractivity contribution < 1.29 is 23.9 Å². The molecule has 2 N–H and O–H groups in total. The molecular formula is C29H26ClN3O5. The van der Waals surface area contributed by atoms with Crippen LogP contribution in [0, 0.1) is 0 Å². The van der Waals surface area contributed by atoms with E-state index in [1.165, 1.54) is 6.07 Å². The Kier molecular flexibility index (Phi) is 8.23. The number of benzene rings is 3. The summed E-state index contributed by atoms with van der Waals surface area (Å²) in [7, 11) is 0. The molecule has 9 heteroatoms. The largest absolute Gasteiger partial charge is 0.459 e. The second kappa shape index (κ2) is 11.7. The first kappa shape index (κ1) is 26.6. The number of rotatable bonds is 9. The number of anilines is 2. The molecule has 3 aromatic rings. The third-order valence-corrected chi connectivity index (χ3v) is 6.06. The number of imide groups is 1.